The van der Waals surface area contributed by atoms with E-state index in [0.29, 0.717) is 21.3 Å². The standard InChI is InChI=1S/C16H9Cl2NO2/c17-11-3-4-12(14(18)8-11)15-13-7-10(16(20)21)2-1-9(13)5-6-19-15/h1-8H,(H,20,21). The minimum Gasteiger partial charge on any atom is -0.478 e. The van der Waals surface area contributed by atoms with Crippen LogP contribution in [0.4, 0.5) is 0 Å². The van der Waals surface area contributed by atoms with E-state index < -0.39 is 5.97 Å². The summed E-state index contributed by atoms with van der Waals surface area (Å²) in [7, 11) is 0. The van der Waals surface area contributed by atoms with Gasteiger partial charge >= 0.3 is 5.97 Å². The molecule has 3 aromatic rings. The number of pyridine rings is 1. The molecule has 1 N–H and O–H groups in total. The van der Waals surface area contributed by atoms with Crippen molar-refractivity contribution >= 4 is 39.9 Å². The summed E-state index contributed by atoms with van der Waals surface area (Å²) in [6.45, 7) is 0. The Morgan fingerprint density at radius 2 is 1.86 bits per heavy atom. The third-order valence-electron chi connectivity index (χ3n) is 3.20. The molecule has 0 spiro atoms. The van der Waals surface area contributed by atoms with Crippen LogP contribution in [0.1, 0.15) is 10.4 Å². The van der Waals surface area contributed by atoms with Gasteiger partial charge in [0, 0.05) is 22.2 Å². The molecule has 0 unspecified atom stereocenters. The normalized spacial score (nSPS) is 10.8. The second kappa shape index (κ2) is 5.35. The average Bonchev–Trinajstić information content (AvgIpc) is 2.46. The van der Waals surface area contributed by atoms with Gasteiger partial charge in [-0.2, -0.15) is 0 Å². The first-order chi connectivity index (χ1) is 10.1. The summed E-state index contributed by atoms with van der Waals surface area (Å²) in [4.78, 5) is 15.5. The fourth-order valence-electron chi connectivity index (χ4n) is 2.20. The predicted molar refractivity (Wildman–Crippen MR) is 84.2 cm³/mol. The lowest BCUT2D eigenvalue weighted by Gasteiger charge is -2.08. The SMILES string of the molecule is O=C(O)c1ccc2ccnc(-c3ccc(Cl)cc3Cl)c2c1. The first-order valence-electron chi connectivity index (χ1n) is 6.14. The Hall–Kier alpha value is -2.10. The quantitative estimate of drug-likeness (QED) is 0.730. The van der Waals surface area contributed by atoms with Gasteiger partial charge in [-0.1, -0.05) is 29.3 Å². The van der Waals surface area contributed by atoms with Gasteiger partial charge in [0.25, 0.3) is 0 Å². The lowest BCUT2D eigenvalue weighted by atomic mass is 10.0. The molecule has 0 aliphatic heterocycles. The van der Waals surface area contributed by atoms with E-state index in [1.165, 1.54) is 0 Å². The third-order valence-corrected chi connectivity index (χ3v) is 3.75. The van der Waals surface area contributed by atoms with E-state index in [0.717, 1.165) is 10.8 Å². The second-order valence-electron chi connectivity index (χ2n) is 4.52. The minimum atomic E-state index is -0.978. The van der Waals surface area contributed by atoms with Crippen molar-refractivity contribution in [2.24, 2.45) is 0 Å². The van der Waals surface area contributed by atoms with Crippen molar-refractivity contribution < 1.29 is 9.90 Å². The molecule has 0 bridgehead atoms. The summed E-state index contributed by atoms with van der Waals surface area (Å²) in [6.07, 6.45) is 1.67. The molecule has 1 aromatic heterocycles. The van der Waals surface area contributed by atoms with Gasteiger partial charge in [0.2, 0.25) is 0 Å². The number of aromatic carboxylic acids is 1. The van der Waals surface area contributed by atoms with E-state index >= 15 is 0 Å². The molecule has 0 radical (unpaired) electrons. The highest BCUT2D eigenvalue weighted by Gasteiger charge is 2.12. The van der Waals surface area contributed by atoms with Gasteiger partial charge in [0.15, 0.2) is 0 Å². The summed E-state index contributed by atoms with van der Waals surface area (Å²) in [5, 5.41) is 11.8. The lowest BCUT2D eigenvalue weighted by molar-refractivity contribution is 0.0697. The topological polar surface area (TPSA) is 50.2 Å². The molecule has 2 aromatic carbocycles. The van der Waals surface area contributed by atoms with Crippen LogP contribution in [0.5, 0.6) is 0 Å². The van der Waals surface area contributed by atoms with E-state index in [9.17, 15) is 4.79 Å². The Morgan fingerprint density at radius 1 is 1.05 bits per heavy atom. The number of carbonyl (C=O) groups is 1. The zero-order valence-electron chi connectivity index (χ0n) is 10.7. The molecule has 1 heterocycles. The van der Waals surface area contributed by atoms with Crippen LogP contribution in [0.15, 0.2) is 48.7 Å². The van der Waals surface area contributed by atoms with E-state index in [1.54, 1.807) is 42.6 Å². The highest BCUT2D eigenvalue weighted by molar-refractivity contribution is 6.36. The van der Waals surface area contributed by atoms with Gasteiger partial charge in [0.1, 0.15) is 0 Å². The fraction of sp³-hybridized carbons (Fsp3) is 0. The number of rotatable bonds is 2. The summed E-state index contributed by atoms with van der Waals surface area (Å²) in [6, 6.07) is 11.9. The number of carboxylic acid groups (broad SMARTS) is 1. The molecule has 0 saturated heterocycles. The maximum absolute atomic E-state index is 11.1. The highest BCUT2D eigenvalue weighted by atomic mass is 35.5. The van der Waals surface area contributed by atoms with Crippen molar-refractivity contribution in [2.45, 2.75) is 0 Å². The lowest BCUT2D eigenvalue weighted by Crippen LogP contribution is -1.96. The molecule has 0 aliphatic carbocycles. The Morgan fingerprint density at radius 3 is 2.57 bits per heavy atom. The van der Waals surface area contributed by atoms with Crippen molar-refractivity contribution in [2.75, 3.05) is 0 Å². The number of benzene rings is 2. The molecule has 0 atom stereocenters. The number of aromatic nitrogens is 1. The van der Waals surface area contributed by atoms with Gasteiger partial charge in [0.05, 0.1) is 16.3 Å². The Labute approximate surface area is 130 Å². The zero-order valence-corrected chi connectivity index (χ0v) is 12.2. The first-order valence-corrected chi connectivity index (χ1v) is 6.89. The number of fused-ring (bicyclic) bond motifs is 1. The van der Waals surface area contributed by atoms with Gasteiger partial charge in [-0.15, -0.1) is 0 Å². The molecule has 104 valence electrons. The number of hydrogen-bond donors (Lipinski definition) is 1. The van der Waals surface area contributed by atoms with Gasteiger partial charge < -0.3 is 5.11 Å². The van der Waals surface area contributed by atoms with Crippen LogP contribution in [0, 0.1) is 0 Å². The van der Waals surface area contributed by atoms with Crippen LogP contribution < -0.4 is 0 Å². The van der Waals surface area contributed by atoms with Gasteiger partial charge in [-0.3, -0.25) is 4.98 Å². The Kier molecular flexibility index (Phi) is 3.53. The molecule has 0 saturated carbocycles. The highest BCUT2D eigenvalue weighted by Crippen LogP contribution is 2.33. The van der Waals surface area contributed by atoms with E-state index in [4.69, 9.17) is 28.3 Å². The van der Waals surface area contributed by atoms with Crippen molar-refractivity contribution in [1.29, 1.82) is 0 Å². The molecule has 0 fully saturated rings. The van der Waals surface area contributed by atoms with Crippen LogP contribution in [0.3, 0.4) is 0 Å². The molecule has 21 heavy (non-hydrogen) atoms. The van der Waals surface area contributed by atoms with Crippen LogP contribution in [-0.2, 0) is 0 Å². The number of hydrogen-bond acceptors (Lipinski definition) is 2. The molecule has 0 aliphatic rings. The van der Waals surface area contributed by atoms with Crippen molar-refractivity contribution in [3.63, 3.8) is 0 Å². The summed E-state index contributed by atoms with van der Waals surface area (Å²) < 4.78 is 0. The smallest absolute Gasteiger partial charge is 0.335 e. The molecule has 0 amide bonds. The molecule has 5 heteroatoms. The monoisotopic (exact) mass is 317 g/mol. The number of carboxylic acids is 1. The Balaban J connectivity index is 2.31. The maximum atomic E-state index is 11.1. The number of halogens is 2. The van der Waals surface area contributed by atoms with Crippen LogP contribution in [0.2, 0.25) is 10.0 Å². The Bertz CT molecular complexity index is 862. The van der Waals surface area contributed by atoms with E-state index in [2.05, 4.69) is 4.98 Å². The second-order valence-corrected chi connectivity index (χ2v) is 5.37. The van der Waals surface area contributed by atoms with Crippen molar-refractivity contribution in [3.05, 3.63) is 64.3 Å². The van der Waals surface area contributed by atoms with Gasteiger partial charge in [-0.25, -0.2) is 4.79 Å². The van der Waals surface area contributed by atoms with E-state index in [-0.39, 0.29) is 5.56 Å². The summed E-state index contributed by atoms with van der Waals surface area (Å²) in [5.41, 5.74) is 1.56. The van der Waals surface area contributed by atoms with Gasteiger partial charge in [-0.05, 0) is 41.8 Å². The average molecular weight is 318 g/mol. The largest absolute Gasteiger partial charge is 0.478 e. The van der Waals surface area contributed by atoms with Crippen LogP contribution >= 0.6 is 23.2 Å². The first kappa shape index (κ1) is 13.9. The molecular formula is C16H9Cl2NO2. The molecule has 3 nitrogen and oxygen atoms in total. The summed E-state index contributed by atoms with van der Waals surface area (Å²) >= 11 is 12.1. The fourth-order valence-corrected chi connectivity index (χ4v) is 2.70. The zero-order chi connectivity index (χ0) is 15.0. The third kappa shape index (κ3) is 2.58. The van der Waals surface area contributed by atoms with Crippen LogP contribution in [0.25, 0.3) is 22.0 Å². The van der Waals surface area contributed by atoms with E-state index in [1.807, 2.05) is 6.07 Å². The van der Waals surface area contributed by atoms with Crippen molar-refractivity contribution in [3.8, 4) is 11.3 Å². The molecular weight excluding hydrogens is 309 g/mol. The summed E-state index contributed by atoms with van der Waals surface area (Å²) in [5.74, 6) is -0.978. The van der Waals surface area contributed by atoms with Crippen molar-refractivity contribution in [1.82, 2.24) is 4.98 Å². The minimum absolute atomic E-state index is 0.210. The van der Waals surface area contributed by atoms with Crippen LogP contribution in [-0.4, -0.2) is 16.1 Å². The predicted octanol–water partition coefficient (Wildman–Crippen LogP) is 4.91. The maximum Gasteiger partial charge on any atom is 0.335 e. The number of nitrogens with zero attached hydrogens (tertiary/aromatic N) is 1. The molecule has 3 rings (SSSR count).